The van der Waals surface area contributed by atoms with Crippen LogP contribution in [-0.2, 0) is 4.79 Å². The van der Waals surface area contributed by atoms with Gasteiger partial charge in [-0.2, -0.15) is 0 Å². The van der Waals surface area contributed by atoms with Gasteiger partial charge in [0.05, 0.1) is 12.9 Å². The van der Waals surface area contributed by atoms with Crippen LogP contribution in [0.4, 0.5) is 0 Å². The van der Waals surface area contributed by atoms with Crippen molar-refractivity contribution in [3.05, 3.63) is 59.3 Å². The van der Waals surface area contributed by atoms with Gasteiger partial charge in [-0.05, 0) is 82.6 Å². The molecule has 5 nitrogen and oxygen atoms in total. The summed E-state index contributed by atoms with van der Waals surface area (Å²) >= 11 is 6.07. The quantitative estimate of drug-likeness (QED) is 0.270. The minimum atomic E-state index is -0.0921. The zero-order valence-electron chi connectivity index (χ0n) is 21.5. The van der Waals surface area contributed by atoms with Crippen LogP contribution in [0.1, 0.15) is 53.0 Å². The predicted molar refractivity (Wildman–Crippen MR) is 146 cm³/mol. The largest absolute Gasteiger partial charge is 0.493 e. The van der Waals surface area contributed by atoms with Gasteiger partial charge in [0.15, 0.2) is 0 Å². The molecular weight excluding hydrogens is 460 g/mol. The first-order valence-corrected chi connectivity index (χ1v) is 12.9. The van der Waals surface area contributed by atoms with E-state index in [4.69, 9.17) is 20.8 Å². The Morgan fingerprint density at radius 1 is 1.17 bits per heavy atom. The summed E-state index contributed by atoms with van der Waals surface area (Å²) in [5.74, 6) is 0.608. The molecule has 0 aliphatic rings. The first-order valence-electron chi connectivity index (χ1n) is 12.5. The zero-order chi connectivity index (χ0) is 25.4. The third-order valence-electron chi connectivity index (χ3n) is 6.30. The third-order valence-corrected chi connectivity index (χ3v) is 6.55. The third kappa shape index (κ3) is 7.12. The van der Waals surface area contributed by atoms with E-state index in [-0.39, 0.29) is 11.9 Å². The van der Waals surface area contributed by atoms with E-state index in [1.807, 2.05) is 50.2 Å². The molecule has 3 aromatic rings. The molecule has 0 radical (unpaired) electrons. The maximum Gasteiger partial charge on any atom is 0.244 e. The number of furan rings is 1. The van der Waals surface area contributed by atoms with Crippen molar-refractivity contribution in [2.75, 3.05) is 26.2 Å². The number of allylic oxidation sites excluding steroid dienone is 1. The fourth-order valence-corrected chi connectivity index (χ4v) is 4.41. The Morgan fingerprint density at radius 2 is 1.89 bits per heavy atom. The van der Waals surface area contributed by atoms with Crippen molar-refractivity contribution in [2.45, 2.75) is 53.5 Å². The average molecular weight is 497 g/mol. The van der Waals surface area contributed by atoms with Crippen LogP contribution >= 0.6 is 11.6 Å². The second-order valence-electron chi connectivity index (χ2n) is 8.84. The fraction of sp³-hybridized carbons (Fsp3) is 0.414. The van der Waals surface area contributed by atoms with Gasteiger partial charge in [0.25, 0.3) is 0 Å². The van der Waals surface area contributed by atoms with Gasteiger partial charge in [-0.25, -0.2) is 0 Å². The van der Waals surface area contributed by atoms with Crippen LogP contribution in [0, 0.1) is 0 Å². The highest BCUT2D eigenvalue weighted by molar-refractivity contribution is 6.30. The van der Waals surface area contributed by atoms with Crippen molar-refractivity contribution >= 4 is 34.1 Å². The van der Waals surface area contributed by atoms with Crippen molar-refractivity contribution < 1.29 is 13.9 Å². The first-order chi connectivity index (χ1) is 16.9. The molecule has 0 fully saturated rings. The number of nitrogens with one attached hydrogen (secondary N) is 1. The van der Waals surface area contributed by atoms with Crippen LogP contribution in [0.15, 0.2) is 53.2 Å². The number of hydrogen-bond acceptors (Lipinski definition) is 4. The number of carbonyl (C=O) groups excluding carboxylic acids is 1. The Morgan fingerprint density at radius 3 is 2.54 bits per heavy atom. The smallest absolute Gasteiger partial charge is 0.244 e. The number of halogens is 1. The Balaban J connectivity index is 1.80. The lowest BCUT2D eigenvalue weighted by Gasteiger charge is -2.19. The number of amides is 1. The summed E-state index contributed by atoms with van der Waals surface area (Å²) in [4.78, 5) is 15.2. The normalized spacial score (nSPS) is 12.8. The molecule has 0 bridgehead atoms. The molecule has 3 rings (SSSR count). The molecule has 1 N–H and O–H groups in total. The van der Waals surface area contributed by atoms with Crippen molar-refractivity contribution in [3.8, 4) is 16.9 Å². The van der Waals surface area contributed by atoms with Crippen LogP contribution in [0.2, 0.25) is 5.02 Å². The Hall–Kier alpha value is -2.76. The number of ether oxygens (including phenoxy) is 1. The van der Waals surface area contributed by atoms with Gasteiger partial charge in [0, 0.05) is 39.7 Å². The highest BCUT2D eigenvalue weighted by Crippen LogP contribution is 2.37. The molecular formula is C29H37ClN2O3. The molecule has 0 saturated heterocycles. The van der Waals surface area contributed by atoms with Crippen LogP contribution in [0.3, 0.4) is 0 Å². The molecule has 0 spiro atoms. The lowest BCUT2D eigenvalue weighted by molar-refractivity contribution is -0.117. The lowest BCUT2D eigenvalue weighted by atomic mass is 9.99. The second-order valence-corrected chi connectivity index (χ2v) is 9.28. The van der Waals surface area contributed by atoms with E-state index in [1.54, 1.807) is 12.3 Å². The molecule has 6 heteroatoms. The van der Waals surface area contributed by atoms with Gasteiger partial charge in [-0.15, -0.1) is 0 Å². The number of rotatable bonds is 12. The molecule has 1 unspecified atom stereocenters. The maximum absolute atomic E-state index is 12.8. The van der Waals surface area contributed by atoms with E-state index in [1.165, 1.54) is 0 Å². The number of benzene rings is 2. The van der Waals surface area contributed by atoms with Crippen LogP contribution in [0.25, 0.3) is 27.7 Å². The number of nitrogens with zero attached hydrogens (tertiary/aromatic N) is 1. The van der Waals surface area contributed by atoms with Crippen molar-refractivity contribution in [1.82, 2.24) is 10.2 Å². The van der Waals surface area contributed by atoms with Crippen LogP contribution in [-0.4, -0.2) is 43.1 Å². The summed E-state index contributed by atoms with van der Waals surface area (Å²) in [5.41, 5.74) is 4.44. The van der Waals surface area contributed by atoms with E-state index >= 15 is 0 Å². The van der Waals surface area contributed by atoms with Crippen molar-refractivity contribution in [3.63, 3.8) is 0 Å². The molecule has 1 heterocycles. The van der Waals surface area contributed by atoms with Crippen molar-refractivity contribution in [1.29, 1.82) is 0 Å². The highest BCUT2D eigenvalue weighted by atomic mass is 35.5. The number of hydrogen-bond donors (Lipinski definition) is 1. The lowest BCUT2D eigenvalue weighted by Crippen LogP contribution is -2.32. The van der Waals surface area contributed by atoms with Crippen LogP contribution in [0.5, 0.6) is 5.75 Å². The Labute approximate surface area is 214 Å². The summed E-state index contributed by atoms with van der Waals surface area (Å²) in [6.45, 7) is 14.0. The molecule has 1 atom stereocenters. The van der Waals surface area contributed by atoms with E-state index < -0.39 is 0 Å². The SMILES string of the molecule is CCOc1cc2occ(-c3ccc(Cl)cc3)c2cc1/C(C)=C/C(=O)NC(C)CCCN(CC)CC. The monoisotopic (exact) mass is 496 g/mol. The van der Waals surface area contributed by atoms with Gasteiger partial charge in [-0.1, -0.05) is 37.6 Å². The second kappa shape index (κ2) is 12.8. The summed E-state index contributed by atoms with van der Waals surface area (Å²) < 4.78 is 11.7. The predicted octanol–water partition coefficient (Wildman–Crippen LogP) is 7.18. The summed E-state index contributed by atoms with van der Waals surface area (Å²) in [5, 5.41) is 4.76. The molecule has 0 aliphatic carbocycles. The van der Waals surface area contributed by atoms with E-state index in [0.717, 1.165) is 65.7 Å². The summed E-state index contributed by atoms with van der Waals surface area (Å²) in [6, 6.07) is 11.7. The van der Waals surface area contributed by atoms with Gasteiger partial charge < -0.3 is 19.4 Å². The Bertz CT molecular complexity index is 1150. The van der Waals surface area contributed by atoms with Crippen molar-refractivity contribution in [2.24, 2.45) is 0 Å². The fourth-order valence-electron chi connectivity index (χ4n) is 4.28. The van der Waals surface area contributed by atoms with E-state index in [2.05, 4.69) is 31.0 Å². The highest BCUT2D eigenvalue weighted by Gasteiger charge is 2.16. The van der Waals surface area contributed by atoms with E-state index in [0.29, 0.717) is 17.4 Å². The van der Waals surface area contributed by atoms with Gasteiger partial charge >= 0.3 is 0 Å². The molecule has 1 amide bonds. The minimum Gasteiger partial charge on any atom is -0.493 e. The van der Waals surface area contributed by atoms with E-state index in [9.17, 15) is 4.79 Å². The molecule has 1 aromatic heterocycles. The standard InChI is InChI=1S/C29H37ClN2O3/c1-6-32(7-2)15-9-10-21(5)31-29(33)16-20(4)24-17-25-26(22-11-13-23(30)14-12-22)19-35-28(25)18-27(24)34-8-3/h11-14,16-19,21H,6-10,15H2,1-5H3,(H,31,33)/b20-16+. The summed E-state index contributed by atoms with van der Waals surface area (Å²) in [7, 11) is 0. The molecule has 35 heavy (non-hydrogen) atoms. The Kier molecular flexibility index (Phi) is 9.82. The number of carbonyl (C=O) groups is 1. The average Bonchev–Trinajstić information content (AvgIpc) is 3.24. The van der Waals surface area contributed by atoms with Gasteiger partial charge in [0.2, 0.25) is 5.91 Å². The maximum atomic E-state index is 12.8. The van der Waals surface area contributed by atoms with Gasteiger partial charge in [0.1, 0.15) is 11.3 Å². The molecule has 2 aromatic carbocycles. The minimum absolute atomic E-state index is 0.0921. The topological polar surface area (TPSA) is 54.7 Å². The molecule has 0 aliphatic heterocycles. The van der Waals surface area contributed by atoms with Crippen LogP contribution < -0.4 is 10.1 Å². The molecule has 188 valence electrons. The number of fused-ring (bicyclic) bond motifs is 1. The zero-order valence-corrected chi connectivity index (χ0v) is 22.2. The molecule has 0 saturated carbocycles. The first kappa shape index (κ1) is 26.8. The summed E-state index contributed by atoms with van der Waals surface area (Å²) in [6.07, 6.45) is 5.42. The van der Waals surface area contributed by atoms with Gasteiger partial charge in [-0.3, -0.25) is 4.79 Å².